The molecule has 1 heterocycles. The third-order valence-corrected chi connectivity index (χ3v) is 2.76. The van der Waals surface area contributed by atoms with Gasteiger partial charge in [0.15, 0.2) is 0 Å². The third kappa shape index (κ3) is 2.95. The second kappa shape index (κ2) is 5.58. The van der Waals surface area contributed by atoms with Crippen LogP contribution >= 0.6 is 11.6 Å². The Balaban J connectivity index is 2.26. The molecule has 1 aromatic carbocycles. The van der Waals surface area contributed by atoms with Gasteiger partial charge in [0.1, 0.15) is 11.5 Å². The number of nitrogens with one attached hydrogen (secondary N) is 1. The van der Waals surface area contributed by atoms with Crippen LogP contribution in [0.25, 0.3) is 0 Å². The summed E-state index contributed by atoms with van der Waals surface area (Å²) < 4.78 is 5.06. The lowest BCUT2D eigenvalue weighted by atomic mass is 10.2. The summed E-state index contributed by atoms with van der Waals surface area (Å²) in [6.07, 6.45) is 2.95. The molecule has 0 radical (unpaired) electrons. The van der Waals surface area contributed by atoms with Crippen LogP contribution in [0.15, 0.2) is 36.7 Å². The molecule has 0 bridgehead atoms. The number of hydrogen-bond donors (Lipinski definition) is 2. The van der Waals surface area contributed by atoms with E-state index in [1.54, 1.807) is 6.07 Å². The zero-order chi connectivity index (χ0) is 13.8. The number of aromatic nitrogens is 1. The van der Waals surface area contributed by atoms with Gasteiger partial charge in [0, 0.05) is 12.3 Å². The lowest BCUT2D eigenvalue weighted by Crippen LogP contribution is -2.13. The van der Waals surface area contributed by atoms with Crippen molar-refractivity contribution in [1.82, 2.24) is 4.98 Å². The number of phenolic OH excluding ortho intramolecular Hbond substituents is 1. The number of nitrogens with zero attached hydrogens (tertiary/aromatic N) is 1. The van der Waals surface area contributed by atoms with Gasteiger partial charge in [-0.15, -0.1) is 0 Å². The smallest absolute Gasteiger partial charge is 0.259 e. The van der Waals surface area contributed by atoms with Crippen LogP contribution < -0.4 is 10.1 Å². The molecule has 0 fully saturated rings. The Morgan fingerprint density at radius 1 is 1.42 bits per heavy atom. The molecule has 5 nitrogen and oxygen atoms in total. The predicted molar refractivity (Wildman–Crippen MR) is 71.9 cm³/mol. The minimum Gasteiger partial charge on any atom is -0.508 e. The van der Waals surface area contributed by atoms with Crippen molar-refractivity contribution in [3.63, 3.8) is 0 Å². The Hall–Kier alpha value is -2.27. The van der Waals surface area contributed by atoms with Crippen molar-refractivity contribution >= 4 is 23.2 Å². The zero-order valence-corrected chi connectivity index (χ0v) is 10.8. The van der Waals surface area contributed by atoms with Gasteiger partial charge in [-0.05, 0) is 18.2 Å². The number of methoxy groups -OCH3 is 1. The van der Waals surface area contributed by atoms with E-state index in [1.807, 2.05) is 0 Å². The maximum absolute atomic E-state index is 12.1. The van der Waals surface area contributed by atoms with Crippen molar-refractivity contribution < 1.29 is 14.6 Å². The summed E-state index contributed by atoms with van der Waals surface area (Å²) in [5.41, 5.74) is 0.755. The van der Waals surface area contributed by atoms with Crippen LogP contribution in [-0.4, -0.2) is 23.1 Å². The van der Waals surface area contributed by atoms with E-state index < -0.39 is 0 Å². The van der Waals surface area contributed by atoms with Gasteiger partial charge in [-0.3, -0.25) is 9.78 Å². The number of carbonyl (C=O) groups is 1. The number of rotatable bonds is 3. The summed E-state index contributed by atoms with van der Waals surface area (Å²) >= 11 is 5.92. The van der Waals surface area contributed by atoms with Gasteiger partial charge in [0.2, 0.25) is 0 Å². The number of benzene rings is 1. The van der Waals surface area contributed by atoms with Gasteiger partial charge >= 0.3 is 0 Å². The number of hydrogen-bond acceptors (Lipinski definition) is 4. The summed E-state index contributed by atoms with van der Waals surface area (Å²) in [4.78, 5) is 16.0. The number of ether oxygens (including phenoxy) is 1. The first-order valence-corrected chi connectivity index (χ1v) is 5.77. The SMILES string of the molecule is COc1cnccc1C(=O)Nc1ccc(O)cc1Cl. The number of halogens is 1. The molecule has 19 heavy (non-hydrogen) atoms. The van der Waals surface area contributed by atoms with Gasteiger partial charge in [-0.25, -0.2) is 0 Å². The molecule has 98 valence electrons. The van der Waals surface area contributed by atoms with Crippen LogP contribution in [0.5, 0.6) is 11.5 Å². The Morgan fingerprint density at radius 2 is 2.21 bits per heavy atom. The van der Waals surface area contributed by atoms with Crippen molar-refractivity contribution in [3.05, 3.63) is 47.2 Å². The van der Waals surface area contributed by atoms with Gasteiger partial charge in [-0.2, -0.15) is 0 Å². The molecule has 1 amide bonds. The molecule has 0 saturated heterocycles. The molecule has 0 saturated carbocycles. The monoisotopic (exact) mass is 278 g/mol. The minimum absolute atomic E-state index is 0.0319. The van der Waals surface area contributed by atoms with Crippen LogP contribution in [-0.2, 0) is 0 Å². The molecule has 1 aromatic heterocycles. The molecular weight excluding hydrogens is 268 g/mol. The molecule has 2 N–H and O–H groups in total. The van der Waals surface area contributed by atoms with Gasteiger partial charge in [0.25, 0.3) is 5.91 Å². The lowest BCUT2D eigenvalue weighted by molar-refractivity contribution is 0.102. The summed E-state index contributed by atoms with van der Waals surface area (Å²) in [5.74, 6) is 0.0335. The second-order valence-electron chi connectivity index (χ2n) is 3.69. The predicted octanol–water partition coefficient (Wildman–Crippen LogP) is 2.70. The first-order valence-electron chi connectivity index (χ1n) is 5.39. The highest BCUT2D eigenvalue weighted by Gasteiger charge is 2.13. The van der Waals surface area contributed by atoms with Crippen LogP contribution in [0.2, 0.25) is 5.02 Å². The minimum atomic E-state index is -0.369. The number of carbonyl (C=O) groups excluding carboxylic acids is 1. The van der Waals surface area contributed by atoms with E-state index in [4.69, 9.17) is 16.3 Å². The van der Waals surface area contributed by atoms with Crippen LogP contribution in [0.4, 0.5) is 5.69 Å². The van der Waals surface area contributed by atoms with Gasteiger partial charge < -0.3 is 15.2 Å². The van der Waals surface area contributed by atoms with E-state index in [2.05, 4.69) is 10.3 Å². The maximum atomic E-state index is 12.1. The average molecular weight is 279 g/mol. The normalized spacial score (nSPS) is 10.0. The Kier molecular flexibility index (Phi) is 3.87. The van der Waals surface area contributed by atoms with Crippen LogP contribution in [0.3, 0.4) is 0 Å². The highest BCUT2D eigenvalue weighted by atomic mass is 35.5. The van der Waals surface area contributed by atoms with Crippen molar-refractivity contribution in [1.29, 1.82) is 0 Å². The maximum Gasteiger partial charge on any atom is 0.259 e. The van der Waals surface area contributed by atoms with Crippen LogP contribution in [0.1, 0.15) is 10.4 Å². The number of amides is 1. The first kappa shape index (κ1) is 13.2. The topological polar surface area (TPSA) is 71.5 Å². The number of aromatic hydroxyl groups is 1. The molecule has 0 aliphatic rings. The Morgan fingerprint density at radius 3 is 2.89 bits per heavy atom. The van der Waals surface area contributed by atoms with Gasteiger partial charge in [-0.1, -0.05) is 11.6 Å². The van der Waals surface area contributed by atoms with E-state index in [0.717, 1.165) is 0 Å². The average Bonchev–Trinajstić information content (AvgIpc) is 2.41. The highest BCUT2D eigenvalue weighted by molar-refractivity contribution is 6.34. The third-order valence-electron chi connectivity index (χ3n) is 2.45. The largest absolute Gasteiger partial charge is 0.508 e. The highest BCUT2D eigenvalue weighted by Crippen LogP contribution is 2.27. The fraction of sp³-hybridized carbons (Fsp3) is 0.0769. The fourth-order valence-corrected chi connectivity index (χ4v) is 1.75. The lowest BCUT2D eigenvalue weighted by Gasteiger charge is -2.10. The molecule has 0 unspecified atom stereocenters. The molecule has 2 aromatic rings. The number of phenols is 1. The van der Waals surface area contributed by atoms with Crippen molar-refractivity contribution in [2.45, 2.75) is 0 Å². The molecule has 2 rings (SSSR count). The Labute approximate surface area is 114 Å². The molecule has 6 heteroatoms. The first-order chi connectivity index (χ1) is 9.11. The molecule has 0 aliphatic heterocycles. The van der Waals surface area contributed by atoms with E-state index in [1.165, 1.54) is 37.7 Å². The van der Waals surface area contributed by atoms with E-state index in [0.29, 0.717) is 17.0 Å². The molecule has 0 atom stereocenters. The van der Waals surface area contributed by atoms with E-state index in [-0.39, 0.29) is 16.7 Å². The number of anilines is 1. The zero-order valence-electron chi connectivity index (χ0n) is 10.1. The van der Waals surface area contributed by atoms with E-state index >= 15 is 0 Å². The van der Waals surface area contributed by atoms with Crippen molar-refractivity contribution in [2.24, 2.45) is 0 Å². The number of pyridine rings is 1. The molecule has 0 aliphatic carbocycles. The summed E-state index contributed by atoms with van der Waals surface area (Å²) in [6.45, 7) is 0. The van der Waals surface area contributed by atoms with Crippen LogP contribution in [0, 0.1) is 0 Å². The summed E-state index contributed by atoms with van der Waals surface area (Å²) in [6, 6.07) is 5.85. The second-order valence-corrected chi connectivity index (χ2v) is 4.10. The van der Waals surface area contributed by atoms with Crippen molar-refractivity contribution in [2.75, 3.05) is 12.4 Å². The quantitative estimate of drug-likeness (QED) is 0.847. The summed E-state index contributed by atoms with van der Waals surface area (Å²) in [7, 11) is 1.46. The Bertz CT molecular complexity index is 617. The standard InChI is InChI=1S/C13H11ClN2O3/c1-19-12-7-15-5-4-9(12)13(18)16-11-3-2-8(17)6-10(11)14/h2-7,17H,1H3,(H,16,18). The van der Waals surface area contributed by atoms with Gasteiger partial charge in [0.05, 0.1) is 29.6 Å². The fourth-order valence-electron chi connectivity index (χ4n) is 1.53. The molecule has 0 spiro atoms. The summed E-state index contributed by atoms with van der Waals surface area (Å²) in [5, 5.41) is 12.1. The van der Waals surface area contributed by atoms with Crippen molar-refractivity contribution in [3.8, 4) is 11.5 Å². The molecular formula is C13H11ClN2O3. The van der Waals surface area contributed by atoms with E-state index in [9.17, 15) is 9.90 Å².